The highest BCUT2D eigenvalue weighted by Crippen LogP contribution is 2.25. The lowest BCUT2D eigenvalue weighted by atomic mass is 10.2. The molecule has 0 saturated carbocycles. The number of nitrogens with one attached hydrogen (secondary N) is 1. The molecule has 1 N–H and O–H groups in total. The van der Waals surface area contributed by atoms with Crippen molar-refractivity contribution < 1.29 is 4.79 Å². The van der Waals surface area contributed by atoms with Crippen LogP contribution in [0.5, 0.6) is 0 Å². The van der Waals surface area contributed by atoms with Crippen molar-refractivity contribution in [1.82, 2.24) is 15.1 Å². The molecule has 0 spiro atoms. The third-order valence-electron chi connectivity index (χ3n) is 3.81. The maximum atomic E-state index is 12.6. The first kappa shape index (κ1) is 16.5. The lowest BCUT2D eigenvalue weighted by Gasteiger charge is -2.08. The normalized spacial score (nSPS) is 10.8. The molecule has 2 heterocycles. The highest BCUT2D eigenvalue weighted by molar-refractivity contribution is 7.13. The zero-order chi connectivity index (χ0) is 16.9. The molecular weight excluding hydrogens is 318 g/mol. The Morgan fingerprint density at radius 2 is 2.04 bits per heavy atom. The third kappa shape index (κ3) is 3.57. The van der Waals surface area contributed by atoms with Crippen LogP contribution in [0.15, 0.2) is 47.8 Å². The largest absolute Gasteiger partial charge is 0.351 e. The fourth-order valence-electron chi connectivity index (χ4n) is 2.44. The van der Waals surface area contributed by atoms with Gasteiger partial charge in [0.1, 0.15) is 11.4 Å². The number of carbonyl (C=O) groups is 1. The maximum Gasteiger partial charge on any atom is 0.270 e. The zero-order valence-electron chi connectivity index (χ0n) is 14.0. The van der Waals surface area contributed by atoms with Crippen molar-refractivity contribution in [2.45, 2.75) is 26.7 Å². The smallest absolute Gasteiger partial charge is 0.270 e. The first-order valence-corrected chi connectivity index (χ1v) is 9.06. The van der Waals surface area contributed by atoms with Gasteiger partial charge >= 0.3 is 0 Å². The minimum Gasteiger partial charge on any atom is -0.351 e. The maximum absolute atomic E-state index is 12.6. The molecule has 0 aliphatic carbocycles. The number of unbranched alkanes of at least 4 members (excludes halogenated alkanes) is 1. The van der Waals surface area contributed by atoms with Crippen molar-refractivity contribution in [3.05, 3.63) is 59.1 Å². The van der Waals surface area contributed by atoms with Gasteiger partial charge in [0.05, 0.1) is 10.6 Å². The molecule has 0 aliphatic heterocycles. The first-order chi connectivity index (χ1) is 11.7. The van der Waals surface area contributed by atoms with Gasteiger partial charge in [0.25, 0.3) is 5.91 Å². The van der Waals surface area contributed by atoms with Gasteiger partial charge < -0.3 is 5.32 Å². The summed E-state index contributed by atoms with van der Waals surface area (Å²) in [5.41, 5.74) is 3.46. The summed E-state index contributed by atoms with van der Waals surface area (Å²) in [5.74, 6) is -0.0840. The van der Waals surface area contributed by atoms with E-state index in [4.69, 9.17) is 0 Å². The Kier molecular flexibility index (Phi) is 5.11. The lowest BCUT2D eigenvalue weighted by molar-refractivity contribution is 0.0945. The summed E-state index contributed by atoms with van der Waals surface area (Å²) in [4.78, 5) is 13.7. The molecule has 3 rings (SSSR count). The number of nitrogens with zero attached hydrogens (tertiary/aromatic N) is 2. The zero-order valence-corrected chi connectivity index (χ0v) is 14.8. The summed E-state index contributed by atoms with van der Waals surface area (Å²) >= 11 is 1.62. The van der Waals surface area contributed by atoms with Gasteiger partial charge in [0.2, 0.25) is 0 Å². The van der Waals surface area contributed by atoms with Crippen molar-refractivity contribution in [3.8, 4) is 16.3 Å². The van der Waals surface area contributed by atoms with Gasteiger partial charge in [0.15, 0.2) is 0 Å². The standard InChI is InChI=1S/C19H21N3OS/c1-3-4-11-20-19(23)17-13-16(18-6-5-12-24-18)21-22(17)15-9-7-14(2)8-10-15/h5-10,12-13H,3-4,11H2,1-2H3,(H,20,23). The monoisotopic (exact) mass is 339 g/mol. The second-order valence-electron chi connectivity index (χ2n) is 5.75. The molecule has 0 atom stereocenters. The average molecular weight is 339 g/mol. The molecule has 124 valence electrons. The molecule has 0 saturated heterocycles. The highest BCUT2D eigenvalue weighted by Gasteiger charge is 2.17. The van der Waals surface area contributed by atoms with Gasteiger partial charge in [-0.05, 0) is 43.0 Å². The number of amides is 1. The lowest BCUT2D eigenvalue weighted by Crippen LogP contribution is -2.26. The van der Waals surface area contributed by atoms with Crippen LogP contribution < -0.4 is 5.32 Å². The number of rotatable bonds is 6. The summed E-state index contributed by atoms with van der Waals surface area (Å²) in [7, 11) is 0. The van der Waals surface area contributed by atoms with Crippen LogP contribution in [0.3, 0.4) is 0 Å². The van der Waals surface area contributed by atoms with Crippen LogP contribution in [-0.4, -0.2) is 22.2 Å². The van der Waals surface area contributed by atoms with Crippen LogP contribution in [0, 0.1) is 6.92 Å². The molecule has 1 aromatic carbocycles. The number of carbonyl (C=O) groups excluding carboxylic acids is 1. The molecule has 24 heavy (non-hydrogen) atoms. The predicted octanol–water partition coefficient (Wildman–Crippen LogP) is 4.44. The number of benzene rings is 1. The summed E-state index contributed by atoms with van der Waals surface area (Å²) in [6.07, 6.45) is 2.03. The SMILES string of the molecule is CCCCNC(=O)c1cc(-c2cccs2)nn1-c1ccc(C)cc1. The fraction of sp³-hybridized carbons (Fsp3) is 0.263. The van der Waals surface area contributed by atoms with Crippen molar-refractivity contribution >= 4 is 17.2 Å². The van der Waals surface area contributed by atoms with Crippen LogP contribution in [0.25, 0.3) is 16.3 Å². The Labute approximate surface area is 146 Å². The van der Waals surface area contributed by atoms with Gasteiger partial charge in [-0.3, -0.25) is 4.79 Å². The average Bonchev–Trinajstić information content (AvgIpc) is 3.25. The van der Waals surface area contributed by atoms with Crippen LogP contribution in [0.1, 0.15) is 35.8 Å². The van der Waals surface area contributed by atoms with Crippen molar-refractivity contribution in [2.24, 2.45) is 0 Å². The van der Waals surface area contributed by atoms with Crippen molar-refractivity contribution in [1.29, 1.82) is 0 Å². The number of aromatic nitrogens is 2. The third-order valence-corrected chi connectivity index (χ3v) is 4.70. The van der Waals surface area contributed by atoms with Gasteiger partial charge in [-0.2, -0.15) is 5.10 Å². The van der Waals surface area contributed by atoms with E-state index in [9.17, 15) is 4.79 Å². The second kappa shape index (κ2) is 7.45. The van der Waals surface area contributed by atoms with E-state index < -0.39 is 0 Å². The Hall–Kier alpha value is -2.40. The Morgan fingerprint density at radius 1 is 1.25 bits per heavy atom. The molecule has 0 fully saturated rings. The van der Waals surface area contributed by atoms with Crippen LogP contribution in [0.4, 0.5) is 0 Å². The Bertz CT molecular complexity index is 804. The second-order valence-corrected chi connectivity index (χ2v) is 6.70. The van der Waals surface area contributed by atoms with Crippen LogP contribution in [-0.2, 0) is 0 Å². The molecule has 3 aromatic rings. The molecule has 0 unspecified atom stereocenters. The topological polar surface area (TPSA) is 46.9 Å². The number of thiophene rings is 1. The minimum atomic E-state index is -0.0840. The van der Waals surface area contributed by atoms with E-state index in [1.807, 2.05) is 54.8 Å². The van der Waals surface area contributed by atoms with E-state index in [0.29, 0.717) is 12.2 Å². The molecule has 0 bridgehead atoms. The number of hydrogen-bond donors (Lipinski definition) is 1. The minimum absolute atomic E-state index is 0.0840. The van der Waals surface area contributed by atoms with Gasteiger partial charge in [-0.15, -0.1) is 11.3 Å². The van der Waals surface area contributed by atoms with Gasteiger partial charge in [-0.25, -0.2) is 4.68 Å². The molecule has 0 aliphatic rings. The Balaban J connectivity index is 1.98. The molecule has 5 heteroatoms. The molecule has 1 amide bonds. The van der Waals surface area contributed by atoms with E-state index in [1.165, 1.54) is 5.56 Å². The van der Waals surface area contributed by atoms with E-state index in [-0.39, 0.29) is 5.91 Å². The first-order valence-electron chi connectivity index (χ1n) is 8.18. The van der Waals surface area contributed by atoms with E-state index in [1.54, 1.807) is 16.0 Å². The van der Waals surface area contributed by atoms with Crippen molar-refractivity contribution in [3.63, 3.8) is 0 Å². The molecule has 2 aromatic heterocycles. The van der Waals surface area contributed by atoms with Gasteiger partial charge in [-0.1, -0.05) is 37.1 Å². The van der Waals surface area contributed by atoms with E-state index in [2.05, 4.69) is 17.3 Å². The highest BCUT2D eigenvalue weighted by atomic mass is 32.1. The molecule has 0 radical (unpaired) electrons. The number of hydrogen-bond acceptors (Lipinski definition) is 3. The van der Waals surface area contributed by atoms with Crippen molar-refractivity contribution in [2.75, 3.05) is 6.54 Å². The Morgan fingerprint density at radius 3 is 2.71 bits per heavy atom. The summed E-state index contributed by atoms with van der Waals surface area (Å²) in [5, 5.41) is 9.67. The summed E-state index contributed by atoms with van der Waals surface area (Å²) in [6, 6.07) is 13.9. The quantitative estimate of drug-likeness (QED) is 0.675. The van der Waals surface area contributed by atoms with Gasteiger partial charge in [0, 0.05) is 6.54 Å². The fourth-order valence-corrected chi connectivity index (χ4v) is 3.12. The van der Waals surface area contributed by atoms with Crippen LogP contribution in [0.2, 0.25) is 0 Å². The van der Waals surface area contributed by atoms with E-state index >= 15 is 0 Å². The summed E-state index contributed by atoms with van der Waals surface area (Å²) in [6.45, 7) is 4.84. The molecule has 4 nitrogen and oxygen atoms in total. The van der Waals surface area contributed by atoms with Crippen LogP contribution >= 0.6 is 11.3 Å². The molecular formula is C19H21N3OS. The summed E-state index contributed by atoms with van der Waals surface area (Å²) < 4.78 is 1.73. The number of aryl methyl sites for hydroxylation is 1. The van der Waals surface area contributed by atoms with E-state index in [0.717, 1.165) is 29.1 Å². The predicted molar refractivity (Wildman–Crippen MR) is 98.9 cm³/mol.